The van der Waals surface area contributed by atoms with E-state index < -0.39 is 11.4 Å². The first-order chi connectivity index (χ1) is 5.10. The van der Waals surface area contributed by atoms with Gasteiger partial charge in [-0.1, -0.05) is 17.2 Å². The predicted molar refractivity (Wildman–Crippen MR) is 43.5 cm³/mol. The topological polar surface area (TPSA) is 37.3 Å². The number of aliphatic carboxylic acids is 1. The van der Waals surface area contributed by atoms with E-state index in [1.807, 2.05) is 6.92 Å². The normalized spacial score (nSPS) is 21.5. The molecule has 0 saturated heterocycles. The Kier molecular flexibility index (Phi) is 2.23. The van der Waals surface area contributed by atoms with Crippen molar-refractivity contribution in [3.63, 3.8) is 0 Å². The molecule has 1 rings (SSSR count). The molecule has 0 bridgehead atoms. The Hall–Kier alpha value is -0.500. The fraction of sp³-hybridized carbons (Fsp3) is 0.625. The maximum absolute atomic E-state index is 10.7. The second-order valence-electron chi connectivity index (χ2n) is 3.22. The maximum Gasteiger partial charge on any atom is 0.309 e. The molecule has 3 heteroatoms. The van der Waals surface area contributed by atoms with Crippen LogP contribution >= 0.6 is 11.6 Å². The zero-order valence-corrected chi connectivity index (χ0v) is 7.19. The van der Waals surface area contributed by atoms with Crippen LogP contribution in [0.4, 0.5) is 0 Å². The number of carboxylic acid groups (broad SMARTS) is 1. The summed E-state index contributed by atoms with van der Waals surface area (Å²) in [5.41, 5.74) is 1.95. The molecule has 1 aliphatic carbocycles. The molecule has 0 atom stereocenters. The smallest absolute Gasteiger partial charge is 0.309 e. The molecule has 0 aliphatic heterocycles. The average molecular weight is 175 g/mol. The summed E-state index contributed by atoms with van der Waals surface area (Å²) < 4.78 is 0. The Labute approximate surface area is 70.9 Å². The van der Waals surface area contributed by atoms with E-state index in [0.717, 1.165) is 18.4 Å². The molecule has 0 heterocycles. The van der Waals surface area contributed by atoms with E-state index in [0.29, 0.717) is 6.42 Å². The number of hydrogen-bond donors (Lipinski definition) is 1. The summed E-state index contributed by atoms with van der Waals surface area (Å²) in [5.74, 6) is -0.685. The molecular formula is C8H11ClO2. The molecule has 11 heavy (non-hydrogen) atoms. The second kappa shape index (κ2) is 2.86. The fourth-order valence-corrected chi connectivity index (χ4v) is 1.27. The summed E-state index contributed by atoms with van der Waals surface area (Å²) in [6.45, 7) is 1.86. The minimum Gasteiger partial charge on any atom is -0.481 e. The molecule has 0 aromatic rings. The highest BCUT2D eigenvalue weighted by atomic mass is 35.5. The standard InChI is InChI=1S/C8H11ClO2/c1-6(5-9)4-8(2-3-8)7(10)11/h5H,2-4H2,1H3,(H,10,11). The van der Waals surface area contributed by atoms with Crippen LogP contribution in [-0.4, -0.2) is 11.1 Å². The summed E-state index contributed by atoms with van der Waals surface area (Å²) in [4.78, 5) is 10.7. The van der Waals surface area contributed by atoms with Gasteiger partial charge in [0.25, 0.3) is 0 Å². The van der Waals surface area contributed by atoms with Gasteiger partial charge in [0.05, 0.1) is 5.41 Å². The number of rotatable bonds is 3. The molecule has 62 valence electrons. The lowest BCUT2D eigenvalue weighted by molar-refractivity contribution is -0.143. The third-order valence-corrected chi connectivity index (χ3v) is 2.48. The highest BCUT2D eigenvalue weighted by Crippen LogP contribution is 2.50. The van der Waals surface area contributed by atoms with E-state index >= 15 is 0 Å². The largest absolute Gasteiger partial charge is 0.481 e. The molecule has 1 N–H and O–H groups in total. The Balaban J connectivity index is 2.55. The third-order valence-electron chi connectivity index (χ3n) is 2.11. The molecule has 1 fully saturated rings. The van der Waals surface area contributed by atoms with Gasteiger partial charge in [-0.15, -0.1) is 0 Å². The molecule has 1 saturated carbocycles. The summed E-state index contributed by atoms with van der Waals surface area (Å²) in [5, 5.41) is 8.78. The maximum atomic E-state index is 10.7. The summed E-state index contributed by atoms with van der Waals surface area (Å²) >= 11 is 5.44. The predicted octanol–water partition coefficient (Wildman–Crippen LogP) is 2.38. The van der Waals surface area contributed by atoms with Crippen molar-refractivity contribution in [2.45, 2.75) is 26.2 Å². The number of halogens is 1. The fourth-order valence-electron chi connectivity index (χ4n) is 1.19. The van der Waals surface area contributed by atoms with E-state index in [1.54, 1.807) is 0 Å². The van der Waals surface area contributed by atoms with E-state index in [-0.39, 0.29) is 0 Å². The number of hydrogen-bond acceptors (Lipinski definition) is 1. The summed E-state index contributed by atoms with van der Waals surface area (Å²) in [6.07, 6.45) is 2.20. The Morgan fingerprint density at radius 1 is 1.73 bits per heavy atom. The monoisotopic (exact) mass is 174 g/mol. The minimum absolute atomic E-state index is 0.463. The van der Waals surface area contributed by atoms with E-state index in [2.05, 4.69) is 0 Å². The van der Waals surface area contributed by atoms with Gasteiger partial charge in [0, 0.05) is 5.54 Å². The lowest BCUT2D eigenvalue weighted by atomic mass is 9.99. The SMILES string of the molecule is CC(=CCl)CC1(C(=O)O)CC1. The highest BCUT2D eigenvalue weighted by Gasteiger charge is 2.49. The first kappa shape index (κ1) is 8.60. The minimum atomic E-state index is -0.685. The quantitative estimate of drug-likeness (QED) is 0.714. The van der Waals surface area contributed by atoms with Gasteiger partial charge in [0.15, 0.2) is 0 Å². The Morgan fingerprint density at radius 2 is 2.27 bits per heavy atom. The van der Waals surface area contributed by atoms with Crippen LogP contribution in [0.2, 0.25) is 0 Å². The van der Waals surface area contributed by atoms with Gasteiger partial charge < -0.3 is 5.11 Å². The van der Waals surface area contributed by atoms with Crippen molar-refractivity contribution < 1.29 is 9.90 Å². The molecule has 0 aromatic carbocycles. The van der Waals surface area contributed by atoms with Gasteiger partial charge in [-0.25, -0.2) is 0 Å². The Morgan fingerprint density at radius 3 is 2.55 bits per heavy atom. The molecule has 0 amide bonds. The van der Waals surface area contributed by atoms with Gasteiger partial charge in [0.2, 0.25) is 0 Å². The van der Waals surface area contributed by atoms with Gasteiger partial charge in [-0.2, -0.15) is 0 Å². The average Bonchev–Trinajstić information content (AvgIpc) is 2.69. The molecular weight excluding hydrogens is 164 g/mol. The van der Waals surface area contributed by atoms with Crippen LogP contribution in [0.15, 0.2) is 11.1 Å². The summed E-state index contributed by atoms with van der Waals surface area (Å²) in [7, 11) is 0. The molecule has 1 aliphatic rings. The molecule has 0 unspecified atom stereocenters. The second-order valence-corrected chi connectivity index (χ2v) is 3.44. The van der Waals surface area contributed by atoms with Crippen molar-refractivity contribution in [1.82, 2.24) is 0 Å². The van der Waals surface area contributed by atoms with Gasteiger partial charge in [-0.05, 0) is 26.2 Å². The lowest BCUT2D eigenvalue weighted by Gasteiger charge is -2.07. The van der Waals surface area contributed by atoms with Crippen LogP contribution in [-0.2, 0) is 4.79 Å². The van der Waals surface area contributed by atoms with Crippen LogP contribution in [0, 0.1) is 5.41 Å². The van der Waals surface area contributed by atoms with Crippen molar-refractivity contribution in [3.8, 4) is 0 Å². The first-order valence-electron chi connectivity index (χ1n) is 3.60. The van der Waals surface area contributed by atoms with Gasteiger partial charge >= 0.3 is 5.97 Å². The number of allylic oxidation sites excluding steroid dienone is 1. The molecule has 0 aromatic heterocycles. The number of carbonyl (C=O) groups is 1. The third kappa shape index (κ3) is 1.74. The van der Waals surface area contributed by atoms with E-state index in [9.17, 15) is 4.79 Å². The van der Waals surface area contributed by atoms with E-state index in [1.165, 1.54) is 5.54 Å². The highest BCUT2D eigenvalue weighted by molar-refractivity contribution is 6.25. The van der Waals surface area contributed by atoms with Crippen LogP contribution < -0.4 is 0 Å². The van der Waals surface area contributed by atoms with Crippen molar-refractivity contribution in [1.29, 1.82) is 0 Å². The van der Waals surface area contributed by atoms with Crippen molar-refractivity contribution in [2.24, 2.45) is 5.41 Å². The van der Waals surface area contributed by atoms with Crippen molar-refractivity contribution >= 4 is 17.6 Å². The molecule has 0 radical (unpaired) electrons. The van der Waals surface area contributed by atoms with Crippen LogP contribution in [0.5, 0.6) is 0 Å². The molecule has 0 spiro atoms. The lowest BCUT2D eigenvalue weighted by Crippen LogP contribution is -2.14. The van der Waals surface area contributed by atoms with E-state index in [4.69, 9.17) is 16.7 Å². The molecule has 2 nitrogen and oxygen atoms in total. The van der Waals surface area contributed by atoms with Gasteiger partial charge in [0.1, 0.15) is 0 Å². The van der Waals surface area contributed by atoms with Crippen LogP contribution in [0.25, 0.3) is 0 Å². The van der Waals surface area contributed by atoms with Crippen LogP contribution in [0.3, 0.4) is 0 Å². The number of carboxylic acids is 1. The van der Waals surface area contributed by atoms with Crippen molar-refractivity contribution in [3.05, 3.63) is 11.1 Å². The van der Waals surface area contributed by atoms with Crippen LogP contribution in [0.1, 0.15) is 26.2 Å². The zero-order valence-electron chi connectivity index (χ0n) is 6.43. The Bertz CT molecular complexity index is 204. The zero-order chi connectivity index (χ0) is 8.48. The van der Waals surface area contributed by atoms with Crippen molar-refractivity contribution in [2.75, 3.05) is 0 Å². The first-order valence-corrected chi connectivity index (χ1v) is 4.04. The summed E-state index contributed by atoms with van der Waals surface area (Å²) in [6, 6.07) is 0. The van der Waals surface area contributed by atoms with Gasteiger partial charge in [-0.3, -0.25) is 4.79 Å².